The maximum absolute atomic E-state index is 10.2. The van der Waals surface area contributed by atoms with E-state index < -0.39 is 6.10 Å². The summed E-state index contributed by atoms with van der Waals surface area (Å²) in [6.07, 6.45) is 2.04. The van der Waals surface area contributed by atoms with E-state index in [9.17, 15) is 5.11 Å². The highest BCUT2D eigenvalue weighted by atomic mass is 16.5. The van der Waals surface area contributed by atoms with Crippen LogP contribution in [0.5, 0.6) is 0 Å². The van der Waals surface area contributed by atoms with E-state index in [0.717, 1.165) is 52.2 Å². The third-order valence-electron chi connectivity index (χ3n) is 4.82. The van der Waals surface area contributed by atoms with Crippen molar-refractivity contribution in [3.05, 3.63) is 35.9 Å². The van der Waals surface area contributed by atoms with E-state index in [1.807, 2.05) is 0 Å². The first-order valence-corrected chi connectivity index (χ1v) is 9.15. The Morgan fingerprint density at radius 1 is 1.12 bits per heavy atom. The Hall–Kier alpha value is -0.980. The summed E-state index contributed by atoms with van der Waals surface area (Å²) < 4.78 is 11.1. The van der Waals surface area contributed by atoms with Crippen LogP contribution in [0.4, 0.5) is 0 Å². The predicted molar refractivity (Wildman–Crippen MR) is 94.0 cm³/mol. The molecule has 1 aromatic carbocycles. The molecule has 0 aromatic heterocycles. The number of aliphatic hydroxyl groups excluding tert-OH is 1. The van der Waals surface area contributed by atoms with Crippen LogP contribution < -0.4 is 0 Å². The molecule has 2 saturated heterocycles. The van der Waals surface area contributed by atoms with Crippen LogP contribution in [-0.2, 0) is 16.0 Å². The molecule has 24 heavy (non-hydrogen) atoms. The van der Waals surface area contributed by atoms with Gasteiger partial charge in [-0.15, -0.1) is 0 Å². The third-order valence-corrected chi connectivity index (χ3v) is 4.82. The third kappa shape index (κ3) is 5.83. The number of rotatable bonds is 8. The molecular formula is C19H30N2O3. The Balaban J connectivity index is 1.28. The van der Waals surface area contributed by atoms with Crippen LogP contribution >= 0.6 is 0 Å². The molecule has 1 aromatic rings. The second-order valence-corrected chi connectivity index (χ2v) is 6.89. The minimum Gasteiger partial charge on any atom is -0.389 e. The second-order valence-electron chi connectivity index (χ2n) is 6.89. The van der Waals surface area contributed by atoms with Crippen molar-refractivity contribution in [3.63, 3.8) is 0 Å². The summed E-state index contributed by atoms with van der Waals surface area (Å²) in [7, 11) is 0. The Bertz CT molecular complexity index is 457. The van der Waals surface area contributed by atoms with Gasteiger partial charge in [-0.25, -0.2) is 0 Å². The summed E-state index contributed by atoms with van der Waals surface area (Å²) in [6, 6.07) is 10.6. The van der Waals surface area contributed by atoms with E-state index in [-0.39, 0.29) is 6.10 Å². The number of ether oxygens (including phenoxy) is 2. The normalized spacial score (nSPS) is 24.3. The van der Waals surface area contributed by atoms with Crippen molar-refractivity contribution in [2.24, 2.45) is 0 Å². The van der Waals surface area contributed by atoms with Crippen LogP contribution in [0.25, 0.3) is 0 Å². The first-order valence-electron chi connectivity index (χ1n) is 9.15. The van der Waals surface area contributed by atoms with Crippen molar-refractivity contribution < 1.29 is 14.6 Å². The molecule has 5 nitrogen and oxygen atoms in total. The molecule has 1 N–H and O–H groups in total. The zero-order valence-electron chi connectivity index (χ0n) is 14.5. The molecule has 0 bridgehead atoms. The molecular weight excluding hydrogens is 304 g/mol. The number of hydrogen-bond acceptors (Lipinski definition) is 5. The SMILES string of the molecule is OC(COCC1CCCO1)CN1CCN(Cc2ccccc2)CC1. The van der Waals surface area contributed by atoms with Gasteiger partial charge in [-0.2, -0.15) is 0 Å². The Kier molecular flexibility index (Phi) is 7.05. The lowest BCUT2D eigenvalue weighted by atomic mass is 10.2. The van der Waals surface area contributed by atoms with Gasteiger partial charge in [0.1, 0.15) is 0 Å². The molecule has 0 radical (unpaired) electrons. The molecule has 5 heteroatoms. The molecule has 2 fully saturated rings. The van der Waals surface area contributed by atoms with E-state index in [1.54, 1.807) is 0 Å². The highest BCUT2D eigenvalue weighted by Gasteiger charge is 2.20. The minimum absolute atomic E-state index is 0.235. The number of benzene rings is 1. The topological polar surface area (TPSA) is 45.2 Å². The van der Waals surface area contributed by atoms with Gasteiger partial charge in [0.25, 0.3) is 0 Å². The summed E-state index contributed by atoms with van der Waals surface area (Å²) in [5, 5.41) is 10.2. The van der Waals surface area contributed by atoms with E-state index in [4.69, 9.17) is 9.47 Å². The van der Waals surface area contributed by atoms with Crippen LogP contribution in [0, 0.1) is 0 Å². The van der Waals surface area contributed by atoms with E-state index >= 15 is 0 Å². The first-order chi connectivity index (χ1) is 11.8. The number of piperazine rings is 1. The zero-order chi connectivity index (χ0) is 16.6. The molecule has 0 aliphatic carbocycles. The molecule has 0 saturated carbocycles. The Morgan fingerprint density at radius 3 is 2.58 bits per heavy atom. The highest BCUT2D eigenvalue weighted by Crippen LogP contribution is 2.12. The maximum atomic E-state index is 10.2. The van der Waals surface area contributed by atoms with Crippen molar-refractivity contribution in [2.75, 3.05) is 52.5 Å². The summed E-state index contributed by atoms with van der Waals surface area (Å²) in [4.78, 5) is 4.81. The van der Waals surface area contributed by atoms with Crippen LogP contribution in [0.3, 0.4) is 0 Å². The lowest BCUT2D eigenvalue weighted by Crippen LogP contribution is -2.48. The fraction of sp³-hybridized carbons (Fsp3) is 0.684. The molecule has 3 rings (SSSR count). The quantitative estimate of drug-likeness (QED) is 0.778. The lowest BCUT2D eigenvalue weighted by molar-refractivity contribution is -0.0287. The van der Waals surface area contributed by atoms with E-state index in [1.165, 1.54) is 5.56 Å². The van der Waals surface area contributed by atoms with Crippen molar-refractivity contribution in [1.82, 2.24) is 9.80 Å². The molecule has 2 aliphatic rings. The van der Waals surface area contributed by atoms with Crippen LogP contribution in [0.15, 0.2) is 30.3 Å². The van der Waals surface area contributed by atoms with Crippen LogP contribution in [0.2, 0.25) is 0 Å². The van der Waals surface area contributed by atoms with E-state index in [0.29, 0.717) is 19.8 Å². The van der Waals surface area contributed by atoms with Crippen LogP contribution in [0.1, 0.15) is 18.4 Å². The van der Waals surface area contributed by atoms with Gasteiger partial charge >= 0.3 is 0 Å². The highest BCUT2D eigenvalue weighted by molar-refractivity contribution is 5.14. The molecule has 0 amide bonds. The monoisotopic (exact) mass is 334 g/mol. The number of nitrogens with zero attached hydrogens (tertiary/aromatic N) is 2. The molecule has 134 valence electrons. The van der Waals surface area contributed by atoms with Gasteiger partial charge < -0.3 is 14.6 Å². The van der Waals surface area contributed by atoms with Gasteiger partial charge in [-0.1, -0.05) is 30.3 Å². The smallest absolute Gasteiger partial charge is 0.0900 e. The zero-order valence-corrected chi connectivity index (χ0v) is 14.5. The van der Waals surface area contributed by atoms with Gasteiger partial charge in [0.15, 0.2) is 0 Å². The molecule has 2 unspecified atom stereocenters. The standard InChI is InChI=1S/C19H30N2O3/c22-18(15-23-16-19-7-4-12-24-19)14-21-10-8-20(9-11-21)13-17-5-2-1-3-6-17/h1-3,5-6,18-19,22H,4,7-16H2. The van der Waals surface area contributed by atoms with Crippen molar-refractivity contribution >= 4 is 0 Å². The van der Waals surface area contributed by atoms with Crippen molar-refractivity contribution in [1.29, 1.82) is 0 Å². The minimum atomic E-state index is -0.410. The molecule has 0 spiro atoms. The van der Waals surface area contributed by atoms with E-state index in [2.05, 4.69) is 40.1 Å². The van der Waals surface area contributed by atoms with Gasteiger partial charge in [0, 0.05) is 45.9 Å². The van der Waals surface area contributed by atoms with Gasteiger partial charge in [0.2, 0.25) is 0 Å². The summed E-state index contributed by atoms with van der Waals surface area (Å²) in [6.45, 7) is 7.71. The Labute approximate surface area is 145 Å². The average Bonchev–Trinajstić information content (AvgIpc) is 3.11. The number of hydrogen-bond donors (Lipinski definition) is 1. The maximum Gasteiger partial charge on any atom is 0.0900 e. The number of β-amino-alcohol motifs (C(OH)–C–C–N with tert-alkyl or cyclic N) is 1. The molecule has 2 heterocycles. The first kappa shape index (κ1) is 17.8. The van der Waals surface area contributed by atoms with Crippen LogP contribution in [-0.4, -0.2) is 79.7 Å². The number of aliphatic hydroxyl groups is 1. The summed E-state index contributed by atoms with van der Waals surface area (Å²) in [5.41, 5.74) is 1.37. The molecule has 2 aliphatic heterocycles. The van der Waals surface area contributed by atoms with Gasteiger partial charge in [-0.3, -0.25) is 9.80 Å². The fourth-order valence-corrected chi connectivity index (χ4v) is 3.43. The molecule has 2 atom stereocenters. The largest absolute Gasteiger partial charge is 0.389 e. The Morgan fingerprint density at radius 2 is 1.88 bits per heavy atom. The fourth-order valence-electron chi connectivity index (χ4n) is 3.43. The van der Waals surface area contributed by atoms with Gasteiger partial charge in [0.05, 0.1) is 25.4 Å². The summed E-state index contributed by atoms with van der Waals surface area (Å²) >= 11 is 0. The average molecular weight is 334 g/mol. The van der Waals surface area contributed by atoms with Crippen molar-refractivity contribution in [2.45, 2.75) is 31.6 Å². The van der Waals surface area contributed by atoms with Gasteiger partial charge in [-0.05, 0) is 18.4 Å². The lowest BCUT2D eigenvalue weighted by Gasteiger charge is -2.35. The second kappa shape index (κ2) is 9.49. The summed E-state index contributed by atoms with van der Waals surface area (Å²) in [5.74, 6) is 0. The van der Waals surface area contributed by atoms with Crippen molar-refractivity contribution in [3.8, 4) is 0 Å². The predicted octanol–water partition coefficient (Wildman–Crippen LogP) is 1.36.